The van der Waals surface area contributed by atoms with E-state index in [1.807, 2.05) is 56.3 Å². The van der Waals surface area contributed by atoms with E-state index in [4.69, 9.17) is 15.2 Å². The molecule has 0 fully saturated rings. The van der Waals surface area contributed by atoms with E-state index in [9.17, 15) is 0 Å². The van der Waals surface area contributed by atoms with Gasteiger partial charge in [-0.25, -0.2) is 0 Å². The second-order valence-corrected chi connectivity index (χ2v) is 4.71. The van der Waals surface area contributed by atoms with Crippen molar-refractivity contribution in [2.75, 3.05) is 13.7 Å². The maximum atomic E-state index is 6.34. The molecule has 3 heteroatoms. The average molecular weight is 271 g/mol. The molecule has 2 aromatic rings. The molecule has 0 radical (unpaired) electrons. The Balaban J connectivity index is 2.30. The van der Waals surface area contributed by atoms with E-state index in [-0.39, 0.29) is 6.04 Å². The lowest BCUT2D eigenvalue weighted by atomic mass is 9.98. The van der Waals surface area contributed by atoms with Crippen LogP contribution in [-0.4, -0.2) is 13.7 Å². The third kappa shape index (κ3) is 3.11. The molecule has 0 heterocycles. The van der Waals surface area contributed by atoms with Gasteiger partial charge in [-0.05, 0) is 48.7 Å². The van der Waals surface area contributed by atoms with Gasteiger partial charge < -0.3 is 15.2 Å². The largest absolute Gasteiger partial charge is 0.496 e. The maximum Gasteiger partial charge on any atom is 0.122 e. The minimum absolute atomic E-state index is 0.190. The second kappa shape index (κ2) is 6.44. The monoisotopic (exact) mass is 271 g/mol. The number of ether oxygens (including phenoxy) is 2. The van der Waals surface area contributed by atoms with E-state index < -0.39 is 0 Å². The van der Waals surface area contributed by atoms with Crippen LogP contribution in [0.1, 0.15) is 29.7 Å². The number of benzene rings is 2. The van der Waals surface area contributed by atoms with Crippen molar-refractivity contribution in [2.45, 2.75) is 19.9 Å². The summed E-state index contributed by atoms with van der Waals surface area (Å²) in [5, 5.41) is 0. The summed E-state index contributed by atoms with van der Waals surface area (Å²) in [5.74, 6) is 1.71. The molecule has 2 rings (SSSR count). The van der Waals surface area contributed by atoms with Crippen molar-refractivity contribution in [3.8, 4) is 11.5 Å². The van der Waals surface area contributed by atoms with E-state index in [1.165, 1.54) is 0 Å². The molecule has 0 amide bonds. The molecule has 0 saturated carbocycles. The van der Waals surface area contributed by atoms with Crippen molar-refractivity contribution >= 4 is 0 Å². The Hall–Kier alpha value is -2.00. The highest BCUT2D eigenvalue weighted by molar-refractivity contribution is 5.42. The van der Waals surface area contributed by atoms with Crippen LogP contribution in [0.15, 0.2) is 42.5 Å². The highest BCUT2D eigenvalue weighted by Crippen LogP contribution is 2.27. The first-order chi connectivity index (χ1) is 9.65. The van der Waals surface area contributed by atoms with Gasteiger partial charge in [-0.2, -0.15) is 0 Å². The summed E-state index contributed by atoms with van der Waals surface area (Å²) in [4.78, 5) is 0. The molecule has 1 unspecified atom stereocenters. The van der Waals surface area contributed by atoms with Crippen molar-refractivity contribution in [3.63, 3.8) is 0 Å². The average Bonchev–Trinajstić information content (AvgIpc) is 2.48. The molecule has 0 aliphatic carbocycles. The van der Waals surface area contributed by atoms with Gasteiger partial charge in [0.25, 0.3) is 0 Å². The Morgan fingerprint density at radius 2 is 1.85 bits per heavy atom. The predicted octanol–water partition coefficient (Wildman–Crippen LogP) is 3.45. The standard InChI is InChI=1S/C17H21NO2/c1-4-20-15-7-5-6-13(10-15)17(18)14-9-8-12(2)16(11-14)19-3/h5-11,17H,4,18H2,1-3H3. The lowest BCUT2D eigenvalue weighted by Gasteiger charge is -2.16. The van der Waals surface area contributed by atoms with Crippen LogP contribution in [0.5, 0.6) is 11.5 Å². The van der Waals surface area contributed by atoms with Crippen LogP contribution in [0.2, 0.25) is 0 Å². The van der Waals surface area contributed by atoms with E-state index >= 15 is 0 Å². The van der Waals surface area contributed by atoms with Crippen molar-refractivity contribution in [2.24, 2.45) is 5.73 Å². The molecule has 2 N–H and O–H groups in total. The quantitative estimate of drug-likeness (QED) is 0.906. The summed E-state index contributed by atoms with van der Waals surface area (Å²) in [6, 6.07) is 13.8. The maximum absolute atomic E-state index is 6.34. The summed E-state index contributed by atoms with van der Waals surface area (Å²) in [6.45, 7) is 4.64. The van der Waals surface area contributed by atoms with Crippen molar-refractivity contribution in [1.82, 2.24) is 0 Å². The smallest absolute Gasteiger partial charge is 0.122 e. The van der Waals surface area contributed by atoms with Gasteiger partial charge in [0.2, 0.25) is 0 Å². The van der Waals surface area contributed by atoms with E-state index in [0.29, 0.717) is 6.61 Å². The topological polar surface area (TPSA) is 44.5 Å². The molecule has 2 aromatic carbocycles. The minimum atomic E-state index is -0.190. The zero-order valence-electron chi connectivity index (χ0n) is 12.2. The van der Waals surface area contributed by atoms with Gasteiger partial charge in [-0.1, -0.05) is 24.3 Å². The zero-order valence-corrected chi connectivity index (χ0v) is 12.2. The Morgan fingerprint density at radius 3 is 2.55 bits per heavy atom. The first-order valence-corrected chi connectivity index (χ1v) is 6.78. The molecule has 0 bridgehead atoms. The third-order valence-electron chi connectivity index (χ3n) is 3.32. The Bertz CT molecular complexity index is 581. The molecule has 0 saturated heterocycles. The van der Waals surface area contributed by atoms with Crippen LogP contribution in [0, 0.1) is 6.92 Å². The normalized spacial score (nSPS) is 12.0. The first kappa shape index (κ1) is 14.4. The second-order valence-electron chi connectivity index (χ2n) is 4.71. The fraction of sp³-hybridized carbons (Fsp3) is 0.294. The van der Waals surface area contributed by atoms with Gasteiger partial charge in [0.15, 0.2) is 0 Å². The van der Waals surface area contributed by atoms with Crippen LogP contribution in [0.4, 0.5) is 0 Å². The first-order valence-electron chi connectivity index (χ1n) is 6.78. The lowest BCUT2D eigenvalue weighted by Crippen LogP contribution is -2.12. The summed E-state index contributed by atoms with van der Waals surface area (Å²) >= 11 is 0. The molecular weight excluding hydrogens is 250 g/mol. The van der Waals surface area contributed by atoms with Gasteiger partial charge in [0.05, 0.1) is 19.8 Å². The number of hydrogen-bond donors (Lipinski definition) is 1. The number of methoxy groups -OCH3 is 1. The van der Waals surface area contributed by atoms with E-state index in [1.54, 1.807) is 7.11 Å². The van der Waals surface area contributed by atoms with E-state index in [2.05, 4.69) is 0 Å². The van der Waals surface area contributed by atoms with Crippen molar-refractivity contribution in [3.05, 3.63) is 59.2 Å². The molecule has 0 spiro atoms. The van der Waals surface area contributed by atoms with Gasteiger partial charge >= 0.3 is 0 Å². The summed E-state index contributed by atoms with van der Waals surface area (Å²) in [5.41, 5.74) is 9.51. The van der Waals surface area contributed by atoms with Gasteiger partial charge in [0, 0.05) is 0 Å². The SMILES string of the molecule is CCOc1cccc(C(N)c2ccc(C)c(OC)c2)c1. The molecular formula is C17H21NO2. The van der Waals surface area contributed by atoms with Gasteiger partial charge in [-0.3, -0.25) is 0 Å². The highest BCUT2D eigenvalue weighted by atomic mass is 16.5. The van der Waals surface area contributed by atoms with Gasteiger partial charge in [-0.15, -0.1) is 0 Å². The number of nitrogens with two attached hydrogens (primary N) is 1. The minimum Gasteiger partial charge on any atom is -0.496 e. The molecule has 0 aliphatic heterocycles. The molecule has 0 aliphatic rings. The highest BCUT2D eigenvalue weighted by Gasteiger charge is 2.11. The summed E-state index contributed by atoms with van der Waals surface area (Å²) < 4.78 is 10.9. The van der Waals surface area contributed by atoms with Crippen LogP contribution >= 0.6 is 0 Å². The van der Waals surface area contributed by atoms with Crippen molar-refractivity contribution < 1.29 is 9.47 Å². The zero-order chi connectivity index (χ0) is 14.5. The number of hydrogen-bond acceptors (Lipinski definition) is 3. The molecule has 1 atom stereocenters. The summed E-state index contributed by atoms with van der Waals surface area (Å²) in [6.07, 6.45) is 0. The number of aryl methyl sites for hydroxylation is 1. The van der Waals surface area contributed by atoms with Crippen LogP contribution in [0.25, 0.3) is 0 Å². The van der Waals surface area contributed by atoms with E-state index in [0.717, 1.165) is 28.2 Å². The third-order valence-corrected chi connectivity index (χ3v) is 3.32. The van der Waals surface area contributed by atoms with Crippen LogP contribution < -0.4 is 15.2 Å². The molecule has 0 aromatic heterocycles. The Morgan fingerprint density at radius 1 is 1.10 bits per heavy atom. The summed E-state index contributed by atoms with van der Waals surface area (Å²) in [7, 11) is 1.67. The predicted molar refractivity (Wildman–Crippen MR) is 81.4 cm³/mol. The van der Waals surface area contributed by atoms with Crippen molar-refractivity contribution in [1.29, 1.82) is 0 Å². The number of rotatable bonds is 5. The Kier molecular flexibility index (Phi) is 4.64. The molecule has 20 heavy (non-hydrogen) atoms. The Labute approximate surface area is 120 Å². The molecule has 106 valence electrons. The lowest BCUT2D eigenvalue weighted by molar-refractivity contribution is 0.340. The van der Waals surface area contributed by atoms with Crippen LogP contribution in [-0.2, 0) is 0 Å². The molecule has 3 nitrogen and oxygen atoms in total. The fourth-order valence-electron chi connectivity index (χ4n) is 2.19. The fourth-order valence-corrected chi connectivity index (χ4v) is 2.19. The van der Waals surface area contributed by atoms with Crippen LogP contribution in [0.3, 0.4) is 0 Å². The van der Waals surface area contributed by atoms with Gasteiger partial charge in [0.1, 0.15) is 11.5 Å².